The van der Waals surface area contributed by atoms with E-state index >= 15 is 0 Å². The maximum Gasteiger partial charge on any atom is 0.338 e. The van der Waals surface area contributed by atoms with E-state index in [1.165, 1.54) is 0 Å². The lowest BCUT2D eigenvalue weighted by molar-refractivity contribution is -0.369. The molecule has 1 aromatic carbocycles. The van der Waals surface area contributed by atoms with Crippen LogP contribution in [-0.2, 0) is 19.0 Å². The molecule has 1 aliphatic heterocycles. The normalized spacial score (nSPS) is 39.5. The van der Waals surface area contributed by atoms with Crippen LogP contribution in [0.4, 0.5) is 0 Å². The second-order valence-corrected chi connectivity index (χ2v) is 9.22. The van der Waals surface area contributed by atoms with Gasteiger partial charge in [0.15, 0.2) is 5.41 Å². The maximum atomic E-state index is 13.0. The Bertz CT molecular complexity index is 799. The van der Waals surface area contributed by atoms with Crippen molar-refractivity contribution in [2.24, 2.45) is 5.41 Å². The molecule has 27 heavy (non-hydrogen) atoms. The molecule has 1 N–H and O–H groups in total. The van der Waals surface area contributed by atoms with Crippen molar-refractivity contribution in [3.63, 3.8) is 0 Å². The summed E-state index contributed by atoms with van der Waals surface area (Å²) in [4.78, 5) is 25.5. The van der Waals surface area contributed by atoms with Gasteiger partial charge in [-0.3, -0.25) is 4.79 Å². The third kappa shape index (κ3) is 2.20. The lowest BCUT2D eigenvalue weighted by Crippen LogP contribution is -2.84. The fourth-order valence-electron chi connectivity index (χ4n) is 5.25. The number of benzene rings is 1. The minimum absolute atomic E-state index is 0.262. The second kappa shape index (κ2) is 5.32. The first-order chi connectivity index (χ1) is 12.5. The van der Waals surface area contributed by atoms with Gasteiger partial charge in [-0.25, -0.2) is 4.79 Å². The molecule has 1 unspecified atom stereocenters. The van der Waals surface area contributed by atoms with Gasteiger partial charge in [0, 0.05) is 6.42 Å². The monoisotopic (exact) mass is 374 g/mol. The average molecular weight is 374 g/mol. The van der Waals surface area contributed by atoms with Crippen LogP contribution in [-0.4, -0.2) is 46.1 Å². The van der Waals surface area contributed by atoms with Gasteiger partial charge in [-0.05, 0) is 52.7 Å². The minimum Gasteiger partial charge on any atom is -0.461 e. The van der Waals surface area contributed by atoms with E-state index in [1.54, 1.807) is 30.3 Å². The molecule has 6 heteroatoms. The molecule has 4 atom stereocenters. The molecule has 1 aromatic rings. The van der Waals surface area contributed by atoms with Gasteiger partial charge in [-0.2, -0.15) is 0 Å². The number of carbonyl (C=O) groups excluding carboxylic acids is 2. The molecular formula is C21H26O6. The van der Waals surface area contributed by atoms with Crippen molar-refractivity contribution in [1.29, 1.82) is 0 Å². The van der Waals surface area contributed by atoms with Gasteiger partial charge in [0.25, 0.3) is 0 Å². The molecule has 0 radical (unpaired) electrons. The molecule has 0 amide bonds. The Labute approximate surface area is 158 Å². The highest BCUT2D eigenvalue weighted by Crippen LogP contribution is 2.75. The molecular weight excluding hydrogens is 348 g/mol. The molecule has 4 rings (SSSR count). The van der Waals surface area contributed by atoms with Gasteiger partial charge < -0.3 is 19.3 Å². The zero-order valence-corrected chi connectivity index (χ0v) is 16.2. The highest BCUT2D eigenvalue weighted by molar-refractivity contribution is 5.91. The fourth-order valence-corrected chi connectivity index (χ4v) is 5.25. The highest BCUT2D eigenvalue weighted by Gasteiger charge is 2.92. The molecule has 3 fully saturated rings. The molecule has 1 saturated heterocycles. The van der Waals surface area contributed by atoms with Crippen LogP contribution in [0.2, 0.25) is 0 Å². The topological polar surface area (TPSA) is 82.1 Å². The number of fused-ring (bicyclic) bond motifs is 2. The van der Waals surface area contributed by atoms with Crippen molar-refractivity contribution in [3.05, 3.63) is 35.9 Å². The Morgan fingerprint density at radius 3 is 2.52 bits per heavy atom. The van der Waals surface area contributed by atoms with E-state index in [2.05, 4.69) is 0 Å². The van der Waals surface area contributed by atoms with Gasteiger partial charge in [-0.1, -0.05) is 18.2 Å². The summed E-state index contributed by atoms with van der Waals surface area (Å²) in [5.41, 5.74) is -4.71. The van der Waals surface area contributed by atoms with Gasteiger partial charge >= 0.3 is 11.9 Å². The first-order valence-corrected chi connectivity index (χ1v) is 9.37. The first kappa shape index (κ1) is 18.4. The number of carbonyl (C=O) groups is 2. The standard InChI is InChI=1S/C21H26O6/c1-17(2,3)27-21-12-19(24)11-10-18(21,4)26-16(23)20(19,21)13-25-15(22)14-8-6-5-7-9-14/h5-9,24H,10-13H2,1-4H3/t18-,19-,20?,21-/m0/s1. The lowest BCUT2D eigenvalue weighted by atomic mass is 9.39. The van der Waals surface area contributed by atoms with Crippen molar-refractivity contribution in [2.75, 3.05) is 6.61 Å². The zero-order valence-electron chi connectivity index (χ0n) is 16.2. The summed E-state index contributed by atoms with van der Waals surface area (Å²) >= 11 is 0. The smallest absolute Gasteiger partial charge is 0.338 e. The second-order valence-electron chi connectivity index (χ2n) is 9.22. The molecule has 0 spiro atoms. The summed E-state index contributed by atoms with van der Waals surface area (Å²) in [7, 11) is 0. The maximum absolute atomic E-state index is 13.0. The van der Waals surface area contributed by atoms with Crippen LogP contribution in [0.25, 0.3) is 0 Å². The molecule has 3 aliphatic rings. The van der Waals surface area contributed by atoms with E-state index in [4.69, 9.17) is 14.2 Å². The number of esters is 2. The van der Waals surface area contributed by atoms with E-state index < -0.39 is 39.8 Å². The van der Waals surface area contributed by atoms with E-state index in [0.717, 1.165) is 0 Å². The number of ether oxygens (including phenoxy) is 3. The lowest BCUT2D eigenvalue weighted by Gasteiger charge is -2.69. The predicted octanol–water partition coefficient (Wildman–Crippen LogP) is 2.63. The largest absolute Gasteiger partial charge is 0.461 e. The summed E-state index contributed by atoms with van der Waals surface area (Å²) in [6.07, 6.45) is 1.22. The number of aliphatic hydroxyl groups is 1. The van der Waals surface area contributed by atoms with Crippen LogP contribution in [0.3, 0.4) is 0 Å². The summed E-state index contributed by atoms with van der Waals surface area (Å²) in [5.74, 6) is -1.08. The Morgan fingerprint density at radius 1 is 1.22 bits per heavy atom. The number of hydrogen-bond donors (Lipinski definition) is 1. The SMILES string of the molecule is CC(C)(C)O[C@@]12C[C@@]3(O)CC[C@]1(C)OC(=O)C32COC(=O)c1ccccc1. The third-order valence-electron chi connectivity index (χ3n) is 6.47. The summed E-state index contributed by atoms with van der Waals surface area (Å²) < 4.78 is 17.7. The Kier molecular flexibility index (Phi) is 3.64. The van der Waals surface area contributed by atoms with Crippen LogP contribution in [0, 0.1) is 5.41 Å². The number of rotatable bonds is 4. The molecule has 0 aromatic heterocycles. The van der Waals surface area contributed by atoms with E-state index in [1.807, 2.05) is 27.7 Å². The number of hydrogen-bond acceptors (Lipinski definition) is 6. The molecule has 1 heterocycles. The van der Waals surface area contributed by atoms with Crippen LogP contribution >= 0.6 is 0 Å². The van der Waals surface area contributed by atoms with Gasteiger partial charge in [0.1, 0.15) is 17.8 Å². The quantitative estimate of drug-likeness (QED) is 0.816. The predicted molar refractivity (Wildman–Crippen MR) is 96.0 cm³/mol. The van der Waals surface area contributed by atoms with Crippen molar-refractivity contribution in [1.82, 2.24) is 0 Å². The summed E-state index contributed by atoms with van der Waals surface area (Å²) in [6, 6.07) is 8.58. The fraction of sp³-hybridized carbons (Fsp3) is 0.619. The Morgan fingerprint density at radius 2 is 1.89 bits per heavy atom. The van der Waals surface area contributed by atoms with Crippen molar-refractivity contribution in [2.45, 2.75) is 69.4 Å². The highest BCUT2D eigenvalue weighted by atomic mass is 16.6. The minimum atomic E-state index is -1.40. The van der Waals surface area contributed by atoms with Gasteiger partial charge in [-0.15, -0.1) is 0 Å². The van der Waals surface area contributed by atoms with Gasteiger partial charge in [0.2, 0.25) is 0 Å². The molecule has 2 bridgehead atoms. The first-order valence-electron chi connectivity index (χ1n) is 9.37. The van der Waals surface area contributed by atoms with E-state index in [-0.39, 0.29) is 6.61 Å². The zero-order chi connectivity index (χ0) is 19.7. The Balaban J connectivity index is 1.69. The van der Waals surface area contributed by atoms with Crippen molar-refractivity contribution < 1.29 is 28.9 Å². The van der Waals surface area contributed by atoms with Crippen LogP contribution in [0.15, 0.2) is 30.3 Å². The molecule has 2 aliphatic carbocycles. The molecule has 146 valence electrons. The van der Waals surface area contributed by atoms with E-state index in [0.29, 0.717) is 24.8 Å². The Hall–Kier alpha value is -1.92. The van der Waals surface area contributed by atoms with E-state index in [9.17, 15) is 14.7 Å². The summed E-state index contributed by atoms with van der Waals surface area (Å²) in [5, 5.41) is 11.2. The van der Waals surface area contributed by atoms with Crippen LogP contribution in [0.5, 0.6) is 0 Å². The summed E-state index contributed by atoms with van der Waals surface area (Å²) in [6.45, 7) is 7.32. The molecule has 2 saturated carbocycles. The van der Waals surface area contributed by atoms with Crippen LogP contribution < -0.4 is 0 Å². The average Bonchev–Trinajstić information content (AvgIpc) is 2.66. The van der Waals surface area contributed by atoms with Crippen molar-refractivity contribution >= 4 is 11.9 Å². The van der Waals surface area contributed by atoms with Gasteiger partial charge in [0.05, 0.1) is 16.8 Å². The molecule has 6 nitrogen and oxygen atoms in total. The van der Waals surface area contributed by atoms with Crippen molar-refractivity contribution in [3.8, 4) is 0 Å². The third-order valence-corrected chi connectivity index (χ3v) is 6.47. The van der Waals surface area contributed by atoms with Crippen LogP contribution in [0.1, 0.15) is 57.3 Å².